The molecule has 6 heteroatoms. The molecule has 1 amide bonds. The Kier molecular flexibility index (Phi) is 5.36. The number of ether oxygens (including phenoxy) is 1. The number of benzene rings is 2. The second-order valence-electron chi connectivity index (χ2n) is 5.63. The van der Waals surface area contributed by atoms with Crippen molar-refractivity contribution in [2.45, 2.75) is 13.5 Å². The summed E-state index contributed by atoms with van der Waals surface area (Å²) in [5, 5.41) is 7.54. The first-order chi connectivity index (χ1) is 12.1. The van der Waals surface area contributed by atoms with Gasteiger partial charge >= 0.3 is 0 Å². The standard InChI is InChI=1S/C19H18ClN3O2/c1-14-6-8-15(9-7-14)12-23-18(10-11-21-23)22-19(24)13-25-17-5-3-2-4-16(17)20/h2-11H,12-13H2,1H3,(H,22,24). The predicted molar refractivity (Wildman–Crippen MR) is 98.1 cm³/mol. The van der Waals surface area contributed by atoms with Crippen LogP contribution in [-0.4, -0.2) is 22.3 Å². The summed E-state index contributed by atoms with van der Waals surface area (Å²) in [7, 11) is 0. The molecule has 0 saturated carbocycles. The number of halogens is 1. The van der Waals surface area contributed by atoms with E-state index in [1.54, 1.807) is 41.2 Å². The van der Waals surface area contributed by atoms with E-state index in [1.807, 2.05) is 19.1 Å². The fraction of sp³-hybridized carbons (Fsp3) is 0.158. The number of anilines is 1. The molecule has 1 heterocycles. The van der Waals surface area contributed by atoms with Crippen molar-refractivity contribution in [2.75, 3.05) is 11.9 Å². The van der Waals surface area contributed by atoms with E-state index >= 15 is 0 Å². The molecule has 0 aliphatic carbocycles. The van der Waals surface area contributed by atoms with Crippen LogP contribution in [-0.2, 0) is 11.3 Å². The Morgan fingerprint density at radius 1 is 1.16 bits per heavy atom. The topological polar surface area (TPSA) is 56.2 Å². The van der Waals surface area contributed by atoms with Gasteiger partial charge in [-0.2, -0.15) is 5.10 Å². The van der Waals surface area contributed by atoms with Crippen molar-refractivity contribution >= 4 is 23.3 Å². The highest BCUT2D eigenvalue weighted by atomic mass is 35.5. The van der Waals surface area contributed by atoms with E-state index in [-0.39, 0.29) is 12.5 Å². The lowest BCUT2D eigenvalue weighted by Crippen LogP contribution is -2.22. The summed E-state index contributed by atoms with van der Waals surface area (Å²) >= 11 is 6.01. The van der Waals surface area contributed by atoms with Crippen molar-refractivity contribution in [3.05, 3.63) is 76.9 Å². The third-order valence-corrected chi connectivity index (χ3v) is 3.94. The zero-order chi connectivity index (χ0) is 17.6. The van der Waals surface area contributed by atoms with Crippen LogP contribution in [0.1, 0.15) is 11.1 Å². The van der Waals surface area contributed by atoms with Gasteiger partial charge in [-0.1, -0.05) is 53.6 Å². The van der Waals surface area contributed by atoms with E-state index in [0.717, 1.165) is 5.56 Å². The van der Waals surface area contributed by atoms with Crippen LogP contribution in [0.15, 0.2) is 60.8 Å². The Morgan fingerprint density at radius 2 is 1.92 bits per heavy atom. The fourth-order valence-electron chi connectivity index (χ4n) is 2.32. The molecule has 3 rings (SSSR count). The molecule has 0 saturated heterocycles. The SMILES string of the molecule is Cc1ccc(Cn2nccc2NC(=O)COc2ccccc2Cl)cc1. The number of aryl methyl sites for hydroxylation is 1. The Hall–Kier alpha value is -2.79. The minimum Gasteiger partial charge on any atom is -0.482 e. The van der Waals surface area contributed by atoms with Crippen molar-refractivity contribution in [1.29, 1.82) is 0 Å². The fourth-order valence-corrected chi connectivity index (χ4v) is 2.51. The molecule has 0 atom stereocenters. The number of amides is 1. The van der Waals surface area contributed by atoms with Crippen molar-refractivity contribution in [3.63, 3.8) is 0 Å². The lowest BCUT2D eigenvalue weighted by molar-refractivity contribution is -0.118. The van der Waals surface area contributed by atoms with Gasteiger partial charge in [0.05, 0.1) is 17.8 Å². The highest BCUT2D eigenvalue weighted by molar-refractivity contribution is 6.32. The van der Waals surface area contributed by atoms with Gasteiger partial charge in [0.25, 0.3) is 5.91 Å². The molecule has 3 aromatic rings. The van der Waals surface area contributed by atoms with Gasteiger partial charge in [-0.25, -0.2) is 4.68 Å². The second kappa shape index (κ2) is 7.85. The summed E-state index contributed by atoms with van der Waals surface area (Å²) < 4.78 is 7.18. The number of hydrogen-bond acceptors (Lipinski definition) is 3. The summed E-state index contributed by atoms with van der Waals surface area (Å²) in [5.41, 5.74) is 2.31. The van der Waals surface area contributed by atoms with Crippen LogP contribution in [0.25, 0.3) is 0 Å². The van der Waals surface area contributed by atoms with Gasteiger partial charge in [0.15, 0.2) is 6.61 Å². The van der Waals surface area contributed by atoms with Crippen LogP contribution in [0.5, 0.6) is 5.75 Å². The van der Waals surface area contributed by atoms with E-state index < -0.39 is 0 Å². The van der Waals surface area contributed by atoms with Gasteiger partial charge in [0.2, 0.25) is 0 Å². The Balaban J connectivity index is 1.59. The highest BCUT2D eigenvalue weighted by Crippen LogP contribution is 2.23. The molecule has 2 aromatic carbocycles. The molecule has 128 valence electrons. The molecule has 0 spiro atoms. The summed E-state index contributed by atoms with van der Waals surface area (Å²) in [4.78, 5) is 12.1. The maximum atomic E-state index is 12.1. The molecular formula is C19H18ClN3O2. The van der Waals surface area contributed by atoms with Crippen LogP contribution in [0.4, 0.5) is 5.82 Å². The zero-order valence-corrected chi connectivity index (χ0v) is 14.5. The van der Waals surface area contributed by atoms with Crippen molar-refractivity contribution in [2.24, 2.45) is 0 Å². The third kappa shape index (κ3) is 4.61. The van der Waals surface area contributed by atoms with Gasteiger partial charge in [-0.05, 0) is 24.6 Å². The highest BCUT2D eigenvalue weighted by Gasteiger charge is 2.09. The lowest BCUT2D eigenvalue weighted by Gasteiger charge is -2.11. The largest absolute Gasteiger partial charge is 0.482 e. The van der Waals surface area contributed by atoms with Gasteiger partial charge in [0, 0.05) is 6.07 Å². The first kappa shape index (κ1) is 17.0. The Labute approximate surface area is 151 Å². The van der Waals surface area contributed by atoms with E-state index in [4.69, 9.17) is 16.3 Å². The van der Waals surface area contributed by atoms with Gasteiger partial charge in [-0.15, -0.1) is 0 Å². The van der Waals surface area contributed by atoms with Crippen molar-refractivity contribution in [3.8, 4) is 5.75 Å². The van der Waals surface area contributed by atoms with E-state index in [0.29, 0.717) is 23.1 Å². The minimum atomic E-state index is -0.273. The molecule has 0 bridgehead atoms. The molecule has 0 radical (unpaired) electrons. The first-order valence-electron chi connectivity index (χ1n) is 7.86. The number of carbonyl (C=O) groups is 1. The van der Waals surface area contributed by atoms with Crippen LogP contribution in [0.3, 0.4) is 0 Å². The van der Waals surface area contributed by atoms with Gasteiger partial charge in [-0.3, -0.25) is 4.79 Å². The molecule has 0 aliphatic rings. The van der Waals surface area contributed by atoms with Crippen molar-refractivity contribution < 1.29 is 9.53 Å². The number of rotatable bonds is 6. The summed E-state index contributed by atoms with van der Waals surface area (Å²) in [5.74, 6) is 0.825. The maximum Gasteiger partial charge on any atom is 0.263 e. The quantitative estimate of drug-likeness (QED) is 0.729. The van der Waals surface area contributed by atoms with Crippen LogP contribution >= 0.6 is 11.6 Å². The third-order valence-electron chi connectivity index (χ3n) is 3.63. The Morgan fingerprint density at radius 3 is 2.68 bits per heavy atom. The predicted octanol–water partition coefficient (Wildman–Crippen LogP) is 3.91. The van der Waals surface area contributed by atoms with Crippen LogP contribution < -0.4 is 10.1 Å². The normalized spacial score (nSPS) is 10.5. The molecule has 0 unspecified atom stereocenters. The second-order valence-corrected chi connectivity index (χ2v) is 6.03. The first-order valence-corrected chi connectivity index (χ1v) is 8.24. The number of nitrogens with zero attached hydrogens (tertiary/aromatic N) is 2. The minimum absolute atomic E-state index is 0.126. The van der Waals surface area contributed by atoms with Crippen LogP contribution in [0, 0.1) is 6.92 Å². The molecule has 0 aliphatic heterocycles. The number of nitrogens with one attached hydrogen (secondary N) is 1. The summed E-state index contributed by atoms with van der Waals surface area (Å²) in [6, 6.07) is 17.0. The lowest BCUT2D eigenvalue weighted by atomic mass is 10.1. The molecule has 1 N–H and O–H groups in total. The molecular weight excluding hydrogens is 338 g/mol. The number of carbonyl (C=O) groups excluding carboxylic acids is 1. The Bertz CT molecular complexity index is 859. The average molecular weight is 356 g/mol. The van der Waals surface area contributed by atoms with Gasteiger partial charge < -0.3 is 10.1 Å². The van der Waals surface area contributed by atoms with Crippen molar-refractivity contribution in [1.82, 2.24) is 9.78 Å². The molecule has 25 heavy (non-hydrogen) atoms. The number of para-hydroxylation sites is 1. The van der Waals surface area contributed by atoms with E-state index in [2.05, 4.69) is 22.5 Å². The molecule has 1 aromatic heterocycles. The molecule has 5 nitrogen and oxygen atoms in total. The zero-order valence-electron chi connectivity index (χ0n) is 13.8. The smallest absolute Gasteiger partial charge is 0.263 e. The number of hydrogen-bond donors (Lipinski definition) is 1. The molecule has 0 fully saturated rings. The van der Waals surface area contributed by atoms with E-state index in [1.165, 1.54) is 5.56 Å². The monoisotopic (exact) mass is 355 g/mol. The van der Waals surface area contributed by atoms with Crippen LogP contribution in [0.2, 0.25) is 5.02 Å². The maximum absolute atomic E-state index is 12.1. The summed E-state index contributed by atoms with van der Waals surface area (Å²) in [6.07, 6.45) is 1.65. The summed E-state index contributed by atoms with van der Waals surface area (Å²) in [6.45, 7) is 2.50. The van der Waals surface area contributed by atoms with E-state index in [9.17, 15) is 4.79 Å². The van der Waals surface area contributed by atoms with Gasteiger partial charge in [0.1, 0.15) is 11.6 Å². The number of aromatic nitrogens is 2. The average Bonchev–Trinajstić information content (AvgIpc) is 3.03.